The number of pyridine rings is 1. The largest absolute Gasteiger partial charge is 0.228 e. The van der Waals surface area contributed by atoms with E-state index < -0.39 is 5.95 Å². The maximum atomic E-state index is 12.8. The van der Waals surface area contributed by atoms with Gasteiger partial charge in [0.05, 0.1) is 12.1 Å². The van der Waals surface area contributed by atoms with Gasteiger partial charge in [-0.05, 0) is 17.7 Å². The Morgan fingerprint density at radius 3 is 3.23 bits per heavy atom. The zero-order valence-corrected chi connectivity index (χ0v) is 6.61. The second kappa shape index (κ2) is 4.75. The quantitative estimate of drug-likeness (QED) is 0.212. The zero-order chi connectivity index (χ0) is 9.52. The van der Waals surface area contributed by atoms with E-state index in [9.17, 15) is 4.39 Å². The topological polar surface area (TPSA) is 61.7 Å². The van der Waals surface area contributed by atoms with Gasteiger partial charge in [0.15, 0.2) is 0 Å². The van der Waals surface area contributed by atoms with E-state index in [4.69, 9.17) is 5.53 Å². The molecule has 0 N–H and O–H groups in total. The highest BCUT2D eigenvalue weighted by Crippen LogP contribution is 1.99. The molecule has 0 aliphatic carbocycles. The third-order valence-electron chi connectivity index (χ3n) is 1.20. The van der Waals surface area contributed by atoms with E-state index in [0.29, 0.717) is 0 Å². The molecule has 0 saturated heterocycles. The minimum absolute atomic E-state index is 0.0326. The number of rotatable bonds is 1. The van der Waals surface area contributed by atoms with Crippen LogP contribution < -0.4 is 0 Å². The lowest BCUT2D eigenvalue weighted by Crippen LogP contribution is -1.86. The highest BCUT2D eigenvalue weighted by molar-refractivity contribution is 5.32. The number of halogens is 1. The van der Waals surface area contributed by atoms with Crippen LogP contribution in [-0.4, -0.2) is 11.5 Å². The first-order valence-electron chi connectivity index (χ1n) is 3.45. The van der Waals surface area contributed by atoms with Crippen LogP contribution in [0, 0.1) is 17.8 Å². The Kier molecular flexibility index (Phi) is 3.31. The predicted molar refractivity (Wildman–Crippen MR) is 45.1 cm³/mol. The van der Waals surface area contributed by atoms with E-state index in [1.807, 2.05) is 0 Å². The molecule has 0 bridgehead atoms. The normalized spacial score (nSPS) is 8.08. The molecule has 1 heterocycles. The van der Waals surface area contributed by atoms with Crippen molar-refractivity contribution in [2.45, 2.75) is 0 Å². The Morgan fingerprint density at radius 1 is 1.69 bits per heavy atom. The van der Waals surface area contributed by atoms with Crippen molar-refractivity contribution in [2.24, 2.45) is 5.11 Å². The SMILES string of the molecule is [N-]=[N+]=NCC#Cc1cccnc1F. The van der Waals surface area contributed by atoms with Crippen molar-refractivity contribution in [1.82, 2.24) is 4.98 Å². The summed E-state index contributed by atoms with van der Waals surface area (Å²) in [5.41, 5.74) is 8.13. The minimum Gasteiger partial charge on any atom is -0.227 e. The third-order valence-corrected chi connectivity index (χ3v) is 1.20. The van der Waals surface area contributed by atoms with Gasteiger partial charge in [-0.1, -0.05) is 17.0 Å². The van der Waals surface area contributed by atoms with E-state index in [1.165, 1.54) is 12.3 Å². The van der Waals surface area contributed by atoms with Gasteiger partial charge in [-0.2, -0.15) is 4.39 Å². The fourth-order valence-electron chi connectivity index (χ4n) is 0.681. The number of hydrogen-bond donors (Lipinski definition) is 0. The number of nitrogens with zero attached hydrogens (tertiary/aromatic N) is 4. The van der Waals surface area contributed by atoms with Gasteiger partial charge in [-0.15, -0.1) is 0 Å². The summed E-state index contributed by atoms with van der Waals surface area (Å²) in [5, 5.41) is 3.18. The molecule has 0 aliphatic heterocycles. The summed E-state index contributed by atoms with van der Waals surface area (Å²) in [6, 6.07) is 3.09. The smallest absolute Gasteiger partial charge is 0.227 e. The predicted octanol–water partition coefficient (Wildman–Crippen LogP) is 1.88. The monoisotopic (exact) mass is 176 g/mol. The Balaban J connectivity index is 2.77. The highest BCUT2D eigenvalue weighted by Gasteiger charge is 1.95. The van der Waals surface area contributed by atoms with Crippen molar-refractivity contribution in [2.75, 3.05) is 6.54 Å². The lowest BCUT2D eigenvalue weighted by atomic mass is 10.3. The molecule has 1 aromatic heterocycles. The van der Waals surface area contributed by atoms with Crippen LogP contribution in [0.2, 0.25) is 0 Å². The first-order chi connectivity index (χ1) is 6.34. The van der Waals surface area contributed by atoms with Crippen molar-refractivity contribution in [3.8, 4) is 11.8 Å². The summed E-state index contributed by atoms with van der Waals surface area (Å²) in [6.07, 6.45) is 1.34. The third kappa shape index (κ3) is 2.81. The van der Waals surface area contributed by atoms with E-state index in [1.54, 1.807) is 6.07 Å². The fraction of sp³-hybridized carbons (Fsp3) is 0.125. The van der Waals surface area contributed by atoms with Crippen molar-refractivity contribution in [3.63, 3.8) is 0 Å². The van der Waals surface area contributed by atoms with Crippen molar-refractivity contribution in [3.05, 3.63) is 40.3 Å². The van der Waals surface area contributed by atoms with Gasteiger partial charge in [-0.25, -0.2) is 4.98 Å². The first-order valence-corrected chi connectivity index (χ1v) is 3.45. The molecular weight excluding hydrogens is 171 g/mol. The molecule has 0 unspecified atom stereocenters. The van der Waals surface area contributed by atoms with Gasteiger partial charge in [0.25, 0.3) is 0 Å². The number of azide groups is 1. The molecule has 13 heavy (non-hydrogen) atoms. The van der Waals surface area contributed by atoms with Gasteiger partial charge >= 0.3 is 0 Å². The summed E-state index contributed by atoms with van der Waals surface area (Å²) in [5.74, 6) is 4.37. The molecule has 0 fully saturated rings. The second-order valence-corrected chi connectivity index (χ2v) is 2.03. The molecule has 1 aromatic rings. The van der Waals surface area contributed by atoms with Crippen LogP contribution in [0.15, 0.2) is 23.4 Å². The van der Waals surface area contributed by atoms with Gasteiger partial charge in [0, 0.05) is 11.1 Å². The molecule has 0 amide bonds. The van der Waals surface area contributed by atoms with Crippen LogP contribution in [0.3, 0.4) is 0 Å². The molecule has 1 rings (SSSR count). The van der Waals surface area contributed by atoms with E-state index in [0.717, 1.165) is 0 Å². The maximum Gasteiger partial charge on any atom is 0.228 e. The van der Waals surface area contributed by atoms with Crippen LogP contribution in [0.4, 0.5) is 4.39 Å². The molecule has 0 radical (unpaired) electrons. The summed E-state index contributed by atoms with van der Waals surface area (Å²) < 4.78 is 12.8. The van der Waals surface area contributed by atoms with Crippen molar-refractivity contribution >= 4 is 0 Å². The van der Waals surface area contributed by atoms with Gasteiger partial charge in [0.2, 0.25) is 5.95 Å². The molecule has 0 spiro atoms. The van der Waals surface area contributed by atoms with Crippen molar-refractivity contribution in [1.29, 1.82) is 0 Å². The lowest BCUT2D eigenvalue weighted by molar-refractivity contribution is 0.580. The van der Waals surface area contributed by atoms with Crippen LogP contribution in [0.1, 0.15) is 5.56 Å². The van der Waals surface area contributed by atoms with Crippen LogP contribution in [0.5, 0.6) is 0 Å². The minimum atomic E-state index is -0.615. The average molecular weight is 176 g/mol. The Labute approximate surface area is 74.0 Å². The average Bonchev–Trinajstić information content (AvgIpc) is 2.15. The molecule has 0 saturated carbocycles. The van der Waals surface area contributed by atoms with Crippen molar-refractivity contribution < 1.29 is 4.39 Å². The first kappa shape index (κ1) is 9.04. The van der Waals surface area contributed by atoms with E-state index >= 15 is 0 Å². The van der Waals surface area contributed by atoms with E-state index in [-0.39, 0.29) is 12.1 Å². The Hall–Kier alpha value is -2.05. The van der Waals surface area contributed by atoms with Crippen LogP contribution in [0.25, 0.3) is 10.4 Å². The zero-order valence-electron chi connectivity index (χ0n) is 6.61. The summed E-state index contributed by atoms with van der Waals surface area (Å²) in [4.78, 5) is 5.91. The summed E-state index contributed by atoms with van der Waals surface area (Å²) in [7, 11) is 0. The Morgan fingerprint density at radius 2 is 2.54 bits per heavy atom. The molecule has 0 atom stereocenters. The van der Waals surface area contributed by atoms with Crippen LogP contribution >= 0.6 is 0 Å². The summed E-state index contributed by atoms with van der Waals surface area (Å²) >= 11 is 0. The highest BCUT2D eigenvalue weighted by atomic mass is 19.1. The Bertz CT molecular complexity index is 398. The van der Waals surface area contributed by atoms with Gasteiger partial charge in [-0.3, -0.25) is 0 Å². The van der Waals surface area contributed by atoms with Gasteiger partial charge < -0.3 is 0 Å². The molecule has 0 aliphatic rings. The fourth-order valence-corrected chi connectivity index (χ4v) is 0.681. The second-order valence-electron chi connectivity index (χ2n) is 2.03. The number of hydrogen-bond acceptors (Lipinski definition) is 2. The lowest BCUT2D eigenvalue weighted by Gasteiger charge is -1.89. The van der Waals surface area contributed by atoms with E-state index in [2.05, 4.69) is 26.9 Å². The van der Waals surface area contributed by atoms with Gasteiger partial charge in [0.1, 0.15) is 0 Å². The summed E-state index contributed by atoms with van der Waals surface area (Å²) in [6.45, 7) is 0.0326. The molecular formula is C8H5FN4. The molecule has 4 nitrogen and oxygen atoms in total. The maximum absolute atomic E-state index is 12.8. The molecule has 64 valence electrons. The number of aromatic nitrogens is 1. The standard InChI is InChI=1S/C8H5FN4/c9-8-7(3-1-5-11-8)4-2-6-12-13-10/h1,3,5H,6H2. The van der Waals surface area contributed by atoms with Crippen LogP contribution in [-0.2, 0) is 0 Å². The molecule has 0 aromatic carbocycles. The molecule has 5 heteroatoms.